The summed E-state index contributed by atoms with van der Waals surface area (Å²) in [5, 5.41) is 0. The third-order valence-corrected chi connectivity index (χ3v) is 4.03. The van der Waals surface area contributed by atoms with Gasteiger partial charge in [0, 0.05) is 26.8 Å². The zero-order valence-electron chi connectivity index (χ0n) is 12.7. The number of nitrogens with zero attached hydrogens (tertiary/aromatic N) is 1. The number of hydrogen-bond donors (Lipinski definition) is 1. The van der Waals surface area contributed by atoms with Crippen molar-refractivity contribution in [1.29, 1.82) is 0 Å². The number of likely N-dealkylation sites (tertiary alicyclic amines) is 1. The van der Waals surface area contributed by atoms with Gasteiger partial charge in [0.05, 0.1) is 0 Å². The standard InChI is InChI=1S/C16H24N2O2.ClH/c1-12-3-5-14(6-4-12)15(17)16(19)18-9-7-13(8-10-18)11-20-2;/h3-6,13,15H,7-11,17H2,1-2H3;1H. The van der Waals surface area contributed by atoms with Gasteiger partial charge in [-0.2, -0.15) is 0 Å². The molecule has 5 heteroatoms. The molecule has 1 aliphatic rings. The summed E-state index contributed by atoms with van der Waals surface area (Å²) >= 11 is 0. The Morgan fingerprint density at radius 3 is 2.43 bits per heavy atom. The molecule has 1 unspecified atom stereocenters. The first kappa shape index (κ1) is 18.0. The molecule has 0 aliphatic carbocycles. The number of methoxy groups -OCH3 is 1. The van der Waals surface area contributed by atoms with Crippen molar-refractivity contribution in [3.8, 4) is 0 Å². The Morgan fingerprint density at radius 2 is 1.90 bits per heavy atom. The van der Waals surface area contributed by atoms with Gasteiger partial charge in [-0.15, -0.1) is 12.4 Å². The van der Waals surface area contributed by atoms with E-state index in [1.807, 2.05) is 36.1 Å². The number of aryl methyl sites for hydroxylation is 1. The van der Waals surface area contributed by atoms with Gasteiger partial charge in [0.15, 0.2) is 0 Å². The fourth-order valence-corrected chi connectivity index (χ4v) is 2.67. The van der Waals surface area contributed by atoms with Crippen molar-refractivity contribution in [2.24, 2.45) is 11.7 Å². The van der Waals surface area contributed by atoms with Crippen LogP contribution in [0.4, 0.5) is 0 Å². The molecule has 1 amide bonds. The van der Waals surface area contributed by atoms with E-state index in [9.17, 15) is 4.79 Å². The van der Waals surface area contributed by atoms with Crippen molar-refractivity contribution < 1.29 is 9.53 Å². The molecular weight excluding hydrogens is 288 g/mol. The first-order valence-electron chi connectivity index (χ1n) is 7.21. The Kier molecular flexibility index (Phi) is 7.15. The van der Waals surface area contributed by atoms with Crippen LogP contribution in [0.15, 0.2) is 24.3 Å². The molecule has 2 N–H and O–H groups in total. The summed E-state index contributed by atoms with van der Waals surface area (Å²) in [6.45, 7) is 4.38. The number of nitrogens with two attached hydrogens (primary N) is 1. The largest absolute Gasteiger partial charge is 0.384 e. The molecule has 21 heavy (non-hydrogen) atoms. The predicted molar refractivity (Wildman–Crippen MR) is 86.5 cm³/mol. The van der Waals surface area contributed by atoms with Gasteiger partial charge in [-0.3, -0.25) is 4.79 Å². The minimum absolute atomic E-state index is 0. The topological polar surface area (TPSA) is 55.6 Å². The second-order valence-electron chi connectivity index (χ2n) is 5.61. The average molecular weight is 313 g/mol. The van der Waals surface area contributed by atoms with Gasteiger partial charge in [0.2, 0.25) is 5.91 Å². The highest BCUT2D eigenvalue weighted by molar-refractivity contribution is 5.85. The maximum absolute atomic E-state index is 12.4. The van der Waals surface area contributed by atoms with Crippen molar-refractivity contribution in [3.63, 3.8) is 0 Å². The van der Waals surface area contributed by atoms with E-state index in [2.05, 4.69) is 0 Å². The summed E-state index contributed by atoms with van der Waals surface area (Å²) < 4.78 is 5.18. The number of benzene rings is 1. The molecule has 118 valence electrons. The van der Waals surface area contributed by atoms with Crippen LogP contribution in [0.25, 0.3) is 0 Å². The van der Waals surface area contributed by atoms with Crippen LogP contribution in [0.1, 0.15) is 30.0 Å². The molecular formula is C16H25ClN2O2. The smallest absolute Gasteiger partial charge is 0.244 e. The van der Waals surface area contributed by atoms with Crippen molar-refractivity contribution in [1.82, 2.24) is 4.90 Å². The van der Waals surface area contributed by atoms with E-state index in [1.165, 1.54) is 5.56 Å². The third-order valence-electron chi connectivity index (χ3n) is 4.03. The highest BCUT2D eigenvalue weighted by Crippen LogP contribution is 2.21. The number of halogens is 1. The summed E-state index contributed by atoms with van der Waals surface area (Å²) in [6.07, 6.45) is 2.00. The molecule has 0 aromatic heterocycles. The van der Waals surface area contributed by atoms with Gasteiger partial charge < -0.3 is 15.4 Å². The molecule has 2 rings (SSSR count). The molecule has 1 aromatic rings. The molecule has 1 atom stereocenters. The van der Waals surface area contributed by atoms with Gasteiger partial charge >= 0.3 is 0 Å². The maximum atomic E-state index is 12.4. The molecule has 0 bridgehead atoms. The number of ether oxygens (including phenoxy) is 1. The van der Waals surface area contributed by atoms with Gasteiger partial charge in [-0.25, -0.2) is 0 Å². The molecule has 0 spiro atoms. The third kappa shape index (κ3) is 4.70. The lowest BCUT2D eigenvalue weighted by Gasteiger charge is -2.33. The van der Waals surface area contributed by atoms with Crippen LogP contribution in [-0.4, -0.2) is 37.6 Å². The second kappa shape index (κ2) is 8.37. The number of carbonyl (C=O) groups is 1. The number of amides is 1. The lowest BCUT2D eigenvalue weighted by molar-refractivity contribution is -0.134. The first-order valence-corrected chi connectivity index (χ1v) is 7.21. The van der Waals surface area contributed by atoms with E-state index in [-0.39, 0.29) is 18.3 Å². The molecule has 1 saturated heterocycles. The van der Waals surface area contributed by atoms with Gasteiger partial charge in [-0.05, 0) is 31.2 Å². The van der Waals surface area contributed by atoms with Gasteiger partial charge in [0.25, 0.3) is 0 Å². The predicted octanol–water partition coefficient (Wildman–Crippen LogP) is 2.30. The van der Waals surface area contributed by atoms with E-state index in [1.54, 1.807) is 7.11 Å². The summed E-state index contributed by atoms with van der Waals surface area (Å²) in [4.78, 5) is 14.3. The number of carbonyl (C=O) groups excluding carboxylic acids is 1. The van der Waals surface area contributed by atoms with Crippen LogP contribution >= 0.6 is 12.4 Å². The lowest BCUT2D eigenvalue weighted by atomic mass is 9.96. The molecule has 1 heterocycles. The zero-order valence-corrected chi connectivity index (χ0v) is 13.6. The average Bonchev–Trinajstić information content (AvgIpc) is 2.48. The second-order valence-corrected chi connectivity index (χ2v) is 5.61. The molecule has 1 aromatic carbocycles. The lowest BCUT2D eigenvalue weighted by Crippen LogP contribution is -2.43. The Bertz CT molecular complexity index is 442. The summed E-state index contributed by atoms with van der Waals surface area (Å²) in [6, 6.07) is 7.32. The van der Waals surface area contributed by atoms with E-state index >= 15 is 0 Å². The van der Waals surface area contributed by atoms with Crippen LogP contribution < -0.4 is 5.73 Å². The number of piperidine rings is 1. The van der Waals surface area contributed by atoms with Crippen molar-refractivity contribution in [3.05, 3.63) is 35.4 Å². The van der Waals surface area contributed by atoms with E-state index in [0.29, 0.717) is 5.92 Å². The molecule has 0 radical (unpaired) electrons. The van der Waals surface area contributed by atoms with E-state index < -0.39 is 6.04 Å². The monoisotopic (exact) mass is 312 g/mol. The Labute approximate surface area is 133 Å². The quantitative estimate of drug-likeness (QED) is 0.928. The first-order chi connectivity index (χ1) is 9.61. The Balaban J connectivity index is 0.00000220. The molecule has 0 saturated carbocycles. The minimum atomic E-state index is -0.547. The highest BCUT2D eigenvalue weighted by atomic mass is 35.5. The van der Waals surface area contributed by atoms with Crippen LogP contribution in [-0.2, 0) is 9.53 Å². The summed E-state index contributed by atoms with van der Waals surface area (Å²) in [5.41, 5.74) is 8.16. The highest BCUT2D eigenvalue weighted by Gasteiger charge is 2.26. The Morgan fingerprint density at radius 1 is 1.33 bits per heavy atom. The Hall–Kier alpha value is -1.10. The van der Waals surface area contributed by atoms with Gasteiger partial charge in [0.1, 0.15) is 6.04 Å². The van der Waals surface area contributed by atoms with Crippen LogP contribution in [0.3, 0.4) is 0 Å². The molecule has 4 nitrogen and oxygen atoms in total. The summed E-state index contributed by atoms with van der Waals surface area (Å²) in [7, 11) is 1.73. The van der Waals surface area contributed by atoms with E-state index in [4.69, 9.17) is 10.5 Å². The maximum Gasteiger partial charge on any atom is 0.244 e. The van der Waals surface area contributed by atoms with Crippen LogP contribution in [0.5, 0.6) is 0 Å². The minimum Gasteiger partial charge on any atom is -0.384 e. The number of hydrogen-bond acceptors (Lipinski definition) is 3. The van der Waals surface area contributed by atoms with Crippen molar-refractivity contribution >= 4 is 18.3 Å². The normalized spacial score (nSPS) is 17.2. The fraction of sp³-hybridized carbons (Fsp3) is 0.562. The molecule has 1 fully saturated rings. The van der Waals surface area contributed by atoms with Gasteiger partial charge in [-0.1, -0.05) is 29.8 Å². The molecule has 1 aliphatic heterocycles. The zero-order chi connectivity index (χ0) is 14.5. The van der Waals surface area contributed by atoms with Crippen LogP contribution in [0.2, 0.25) is 0 Å². The summed E-state index contributed by atoms with van der Waals surface area (Å²) in [5.74, 6) is 0.601. The van der Waals surface area contributed by atoms with E-state index in [0.717, 1.165) is 38.1 Å². The van der Waals surface area contributed by atoms with Crippen LogP contribution in [0, 0.1) is 12.8 Å². The van der Waals surface area contributed by atoms with Crippen molar-refractivity contribution in [2.45, 2.75) is 25.8 Å². The SMILES string of the molecule is COCC1CCN(C(=O)C(N)c2ccc(C)cc2)CC1.Cl. The number of rotatable bonds is 4. The van der Waals surface area contributed by atoms with Crippen molar-refractivity contribution in [2.75, 3.05) is 26.8 Å². The fourth-order valence-electron chi connectivity index (χ4n) is 2.67.